The quantitative estimate of drug-likeness (QED) is 0.710. The van der Waals surface area contributed by atoms with E-state index in [0.717, 1.165) is 18.7 Å². The molecule has 112 valence electrons. The molecule has 0 bridgehead atoms. The number of hydrogen-bond acceptors (Lipinski definition) is 4. The molecule has 0 saturated carbocycles. The SMILES string of the molecule is COCCNCc1ccc(OCC(Cl)=CCl)c(OC)c1. The second-order valence-electron chi connectivity index (χ2n) is 4.00. The second kappa shape index (κ2) is 9.88. The van der Waals surface area contributed by atoms with Gasteiger partial charge < -0.3 is 19.5 Å². The van der Waals surface area contributed by atoms with Crippen molar-refractivity contribution in [2.75, 3.05) is 34.0 Å². The van der Waals surface area contributed by atoms with Crippen molar-refractivity contribution in [3.05, 3.63) is 34.3 Å². The summed E-state index contributed by atoms with van der Waals surface area (Å²) in [6.07, 6.45) is 0. The molecule has 1 aromatic carbocycles. The van der Waals surface area contributed by atoms with Gasteiger partial charge in [-0.05, 0) is 17.7 Å². The van der Waals surface area contributed by atoms with Crippen molar-refractivity contribution in [2.24, 2.45) is 0 Å². The number of nitrogens with one attached hydrogen (secondary N) is 1. The molecule has 0 radical (unpaired) electrons. The normalized spacial score (nSPS) is 11.5. The molecule has 0 fully saturated rings. The van der Waals surface area contributed by atoms with Crippen LogP contribution >= 0.6 is 23.2 Å². The predicted molar refractivity (Wildman–Crippen MR) is 81.9 cm³/mol. The number of hydrogen-bond donors (Lipinski definition) is 1. The Hall–Kier alpha value is -0.940. The monoisotopic (exact) mass is 319 g/mol. The average molecular weight is 320 g/mol. The summed E-state index contributed by atoms with van der Waals surface area (Å²) in [5.74, 6) is 1.29. The third kappa shape index (κ3) is 6.01. The van der Waals surface area contributed by atoms with Gasteiger partial charge in [0.25, 0.3) is 0 Å². The standard InChI is InChI=1S/C14H19Cl2NO3/c1-18-6-5-17-9-11-3-4-13(14(7-11)19-2)20-10-12(16)8-15/h3-4,7-8,17H,5-6,9-10H2,1-2H3. The first kappa shape index (κ1) is 17.1. The lowest BCUT2D eigenvalue weighted by molar-refractivity contribution is 0.199. The molecule has 1 N–H and O–H groups in total. The molecule has 0 saturated heterocycles. The third-order valence-corrected chi connectivity index (χ3v) is 3.12. The van der Waals surface area contributed by atoms with Crippen LogP contribution in [0.3, 0.4) is 0 Å². The van der Waals surface area contributed by atoms with E-state index in [1.54, 1.807) is 14.2 Å². The number of benzene rings is 1. The molecule has 6 heteroatoms. The average Bonchev–Trinajstić information content (AvgIpc) is 2.49. The number of halogens is 2. The summed E-state index contributed by atoms with van der Waals surface area (Å²) in [4.78, 5) is 0. The van der Waals surface area contributed by atoms with Crippen molar-refractivity contribution in [1.29, 1.82) is 0 Å². The van der Waals surface area contributed by atoms with Gasteiger partial charge in [0.05, 0.1) is 18.7 Å². The molecule has 0 atom stereocenters. The van der Waals surface area contributed by atoms with Crippen molar-refractivity contribution in [3.8, 4) is 11.5 Å². The first-order valence-electron chi connectivity index (χ1n) is 6.15. The smallest absolute Gasteiger partial charge is 0.161 e. The van der Waals surface area contributed by atoms with Crippen molar-refractivity contribution in [3.63, 3.8) is 0 Å². The lowest BCUT2D eigenvalue weighted by Gasteiger charge is -2.12. The highest BCUT2D eigenvalue weighted by molar-refractivity contribution is 6.36. The van der Waals surface area contributed by atoms with Gasteiger partial charge >= 0.3 is 0 Å². The molecule has 0 aliphatic rings. The Labute approximate surface area is 129 Å². The van der Waals surface area contributed by atoms with Crippen LogP contribution in [-0.2, 0) is 11.3 Å². The van der Waals surface area contributed by atoms with Gasteiger partial charge in [0.2, 0.25) is 0 Å². The highest BCUT2D eigenvalue weighted by Gasteiger charge is 2.06. The fraction of sp³-hybridized carbons (Fsp3) is 0.429. The Morgan fingerprint density at radius 2 is 2.10 bits per heavy atom. The molecule has 4 nitrogen and oxygen atoms in total. The maximum atomic E-state index is 5.78. The van der Waals surface area contributed by atoms with Gasteiger partial charge in [-0.3, -0.25) is 0 Å². The van der Waals surface area contributed by atoms with E-state index >= 15 is 0 Å². The zero-order chi connectivity index (χ0) is 14.8. The number of rotatable bonds is 9. The van der Waals surface area contributed by atoms with Gasteiger partial charge in [-0.15, -0.1) is 0 Å². The maximum Gasteiger partial charge on any atom is 0.161 e. The van der Waals surface area contributed by atoms with Crippen molar-refractivity contribution >= 4 is 23.2 Å². The van der Waals surface area contributed by atoms with Crippen molar-refractivity contribution in [2.45, 2.75) is 6.54 Å². The first-order chi connectivity index (χ1) is 9.71. The molecule has 0 aliphatic heterocycles. The molecule has 20 heavy (non-hydrogen) atoms. The summed E-state index contributed by atoms with van der Waals surface area (Å²) in [7, 11) is 3.28. The zero-order valence-electron chi connectivity index (χ0n) is 11.6. The van der Waals surface area contributed by atoms with Crippen LogP contribution in [0.2, 0.25) is 0 Å². The van der Waals surface area contributed by atoms with Crippen LogP contribution in [-0.4, -0.2) is 34.0 Å². The van der Waals surface area contributed by atoms with Gasteiger partial charge in [-0.2, -0.15) is 0 Å². The number of ether oxygens (including phenoxy) is 3. The van der Waals surface area contributed by atoms with Crippen LogP contribution in [0.1, 0.15) is 5.56 Å². The summed E-state index contributed by atoms with van der Waals surface area (Å²) in [6, 6.07) is 5.74. The Morgan fingerprint density at radius 3 is 2.75 bits per heavy atom. The Morgan fingerprint density at radius 1 is 1.30 bits per heavy atom. The van der Waals surface area contributed by atoms with E-state index in [1.165, 1.54) is 5.54 Å². The highest BCUT2D eigenvalue weighted by Crippen LogP contribution is 2.28. The van der Waals surface area contributed by atoms with E-state index in [2.05, 4.69) is 5.32 Å². The van der Waals surface area contributed by atoms with Gasteiger partial charge in [-0.1, -0.05) is 29.3 Å². The van der Waals surface area contributed by atoms with E-state index in [4.69, 9.17) is 37.4 Å². The topological polar surface area (TPSA) is 39.7 Å². The lowest BCUT2D eigenvalue weighted by atomic mass is 10.2. The Bertz CT molecular complexity index is 438. The summed E-state index contributed by atoms with van der Waals surface area (Å²) >= 11 is 11.3. The summed E-state index contributed by atoms with van der Waals surface area (Å²) in [5.41, 5.74) is 2.38. The molecule has 0 heterocycles. The molecule has 0 unspecified atom stereocenters. The Balaban J connectivity index is 2.60. The van der Waals surface area contributed by atoms with Crippen LogP contribution < -0.4 is 14.8 Å². The maximum absolute atomic E-state index is 5.78. The van der Waals surface area contributed by atoms with E-state index < -0.39 is 0 Å². The molecule has 0 spiro atoms. The molecule has 1 rings (SSSR count). The fourth-order valence-electron chi connectivity index (χ4n) is 1.53. The van der Waals surface area contributed by atoms with Crippen molar-refractivity contribution in [1.82, 2.24) is 5.32 Å². The number of methoxy groups -OCH3 is 2. The largest absolute Gasteiger partial charge is 0.493 e. The predicted octanol–water partition coefficient (Wildman–Crippen LogP) is 3.13. The molecular formula is C14H19Cl2NO3. The minimum Gasteiger partial charge on any atom is -0.493 e. The van der Waals surface area contributed by atoms with Gasteiger partial charge in [0, 0.05) is 25.7 Å². The highest BCUT2D eigenvalue weighted by atomic mass is 35.5. The summed E-state index contributed by atoms with van der Waals surface area (Å²) in [6.45, 7) is 2.43. The third-order valence-electron chi connectivity index (χ3n) is 2.52. The van der Waals surface area contributed by atoms with Crippen LogP contribution in [0, 0.1) is 0 Å². The van der Waals surface area contributed by atoms with E-state index in [0.29, 0.717) is 23.1 Å². The van der Waals surface area contributed by atoms with Crippen LogP contribution in [0.25, 0.3) is 0 Å². The summed E-state index contributed by atoms with van der Waals surface area (Å²) in [5, 5.41) is 3.69. The van der Waals surface area contributed by atoms with Gasteiger partial charge in [0.1, 0.15) is 6.61 Å². The molecule has 1 aromatic rings. The fourth-order valence-corrected chi connectivity index (χ4v) is 1.64. The first-order valence-corrected chi connectivity index (χ1v) is 6.96. The van der Waals surface area contributed by atoms with Gasteiger partial charge in [0.15, 0.2) is 11.5 Å². The summed E-state index contributed by atoms with van der Waals surface area (Å²) < 4.78 is 15.8. The molecule has 0 amide bonds. The minimum absolute atomic E-state index is 0.215. The molecular weight excluding hydrogens is 301 g/mol. The zero-order valence-corrected chi connectivity index (χ0v) is 13.1. The van der Waals surface area contributed by atoms with Crippen LogP contribution in [0.5, 0.6) is 11.5 Å². The Kier molecular flexibility index (Phi) is 8.46. The van der Waals surface area contributed by atoms with Gasteiger partial charge in [-0.25, -0.2) is 0 Å². The van der Waals surface area contributed by atoms with Crippen LogP contribution in [0.4, 0.5) is 0 Å². The van der Waals surface area contributed by atoms with E-state index in [9.17, 15) is 0 Å². The van der Waals surface area contributed by atoms with E-state index in [-0.39, 0.29) is 6.61 Å². The lowest BCUT2D eigenvalue weighted by Crippen LogP contribution is -2.18. The molecule has 0 aromatic heterocycles. The van der Waals surface area contributed by atoms with Crippen molar-refractivity contribution < 1.29 is 14.2 Å². The molecule has 0 aliphatic carbocycles. The van der Waals surface area contributed by atoms with Crippen LogP contribution in [0.15, 0.2) is 28.8 Å². The van der Waals surface area contributed by atoms with E-state index in [1.807, 2.05) is 18.2 Å². The second-order valence-corrected chi connectivity index (χ2v) is 4.70. The minimum atomic E-state index is 0.215.